The topological polar surface area (TPSA) is 30.1 Å². The molecular formula is C74H66BN2O. The zero-order valence-electron chi connectivity index (χ0n) is 47.0. The largest absolute Gasteiger partial charge is 0.455 e. The van der Waals surface area contributed by atoms with Gasteiger partial charge in [0.05, 0.1) is 5.52 Å². The summed E-state index contributed by atoms with van der Waals surface area (Å²) >= 11 is 0. The van der Waals surface area contributed by atoms with E-state index in [1.807, 2.05) is 0 Å². The molecule has 9 aromatic carbocycles. The van der Waals surface area contributed by atoms with Gasteiger partial charge in [0.25, 0.3) is 0 Å². The molecule has 4 aliphatic rings. The van der Waals surface area contributed by atoms with Gasteiger partial charge < -0.3 is 14.3 Å². The molecule has 0 spiro atoms. The van der Waals surface area contributed by atoms with Gasteiger partial charge in [-0.15, -0.1) is 0 Å². The Morgan fingerprint density at radius 1 is 0.462 bits per heavy atom. The second kappa shape index (κ2) is 15.9. The van der Waals surface area contributed by atoms with Crippen molar-refractivity contribution in [3.05, 3.63) is 209 Å². The van der Waals surface area contributed by atoms with E-state index < -0.39 is 0 Å². The Morgan fingerprint density at radius 3 is 1.72 bits per heavy atom. The summed E-state index contributed by atoms with van der Waals surface area (Å²) in [5.41, 5.74) is 27.9. The summed E-state index contributed by atoms with van der Waals surface area (Å²) in [6, 6.07) is 64.5. The quantitative estimate of drug-likeness (QED) is 0.174. The van der Waals surface area contributed by atoms with Gasteiger partial charge in [-0.25, -0.2) is 0 Å². The van der Waals surface area contributed by atoms with Crippen molar-refractivity contribution in [2.75, 3.05) is 5.32 Å². The van der Waals surface area contributed by atoms with Crippen LogP contribution in [0, 0.1) is 0 Å². The molecule has 1 radical (unpaired) electrons. The van der Waals surface area contributed by atoms with Crippen molar-refractivity contribution in [1.29, 1.82) is 0 Å². The number of nitrogens with one attached hydrogen (secondary N) is 1. The smallest absolute Gasteiger partial charge is 0.197 e. The van der Waals surface area contributed by atoms with E-state index in [4.69, 9.17) is 4.42 Å². The van der Waals surface area contributed by atoms with E-state index in [0.29, 0.717) is 0 Å². The predicted molar refractivity (Wildman–Crippen MR) is 331 cm³/mol. The number of hydrogen-bond acceptors (Lipinski definition) is 2. The SMILES string of the molecule is CC(C)(C)c1ccc(Nc2cc3c(cc2-c2ccc4c5cc6c(cc5n5c4c2[B]c2cc4c(-c7ccccc7)oc(-c7ccccc7)c4cc2-5)-c2ccccc2C6(C)C)-c2cc4c(cc2C3(C)C)C(C)(C)CCC4(C)C)cc1. The van der Waals surface area contributed by atoms with Crippen molar-refractivity contribution in [3.63, 3.8) is 0 Å². The molecule has 3 aliphatic carbocycles. The molecule has 0 bridgehead atoms. The number of aromatic nitrogens is 1. The van der Waals surface area contributed by atoms with Crippen molar-refractivity contribution in [2.24, 2.45) is 0 Å². The summed E-state index contributed by atoms with van der Waals surface area (Å²) in [6.07, 6.45) is 2.37. The summed E-state index contributed by atoms with van der Waals surface area (Å²) in [5.74, 6) is 1.77. The number of furan rings is 1. The summed E-state index contributed by atoms with van der Waals surface area (Å²) in [6.45, 7) is 26.4. The highest BCUT2D eigenvalue weighted by Gasteiger charge is 2.44. The molecule has 0 amide bonds. The average molecular weight is 1010 g/mol. The van der Waals surface area contributed by atoms with Crippen LogP contribution in [0.5, 0.6) is 0 Å². The van der Waals surface area contributed by atoms with Crippen LogP contribution in [0.3, 0.4) is 0 Å². The molecule has 3 heterocycles. The highest BCUT2D eigenvalue weighted by molar-refractivity contribution is 6.73. The summed E-state index contributed by atoms with van der Waals surface area (Å²) in [5, 5.41) is 8.83. The maximum atomic E-state index is 7.11. The molecule has 0 atom stereocenters. The minimum absolute atomic E-state index is 0.0459. The fraction of sp³-hybridized carbons (Fsp3) is 0.243. The molecule has 381 valence electrons. The maximum Gasteiger partial charge on any atom is 0.197 e. The summed E-state index contributed by atoms with van der Waals surface area (Å²) in [7, 11) is 2.50. The molecule has 0 saturated heterocycles. The molecule has 3 nitrogen and oxygen atoms in total. The lowest BCUT2D eigenvalue weighted by atomic mass is 9.58. The summed E-state index contributed by atoms with van der Waals surface area (Å²) in [4.78, 5) is 0. The molecule has 0 unspecified atom stereocenters. The first-order valence-corrected chi connectivity index (χ1v) is 28.4. The fourth-order valence-corrected chi connectivity index (χ4v) is 14.6. The Bertz CT molecular complexity index is 4380. The van der Waals surface area contributed by atoms with Crippen LogP contribution in [-0.2, 0) is 27.1 Å². The Morgan fingerprint density at radius 2 is 1.04 bits per heavy atom. The first-order chi connectivity index (χ1) is 37.3. The molecule has 1 N–H and O–H groups in total. The average Bonchev–Trinajstić information content (AvgIpc) is 4.29. The van der Waals surface area contributed by atoms with Crippen LogP contribution in [0.1, 0.15) is 128 Å². The van der Waals surface area contributed by atoms with Crippen molar-refractivity contribution >= 4 is 62.2 Å². The van der Waals surface area contributed by atoms with E-state index in [-0.39, 0.29) is 27.1 Å². The monoisotopic (exact) mass is 1010 g/mol. The van der Waals surface area contributed by atoms with Gasteiger partial charge in [0.1, 0.15) is 11.5 Å². The first kappa shape index (κ1) is 47.4. The van der Waals surface area contributed by atoms with Crippen molar-refractivity contribution < 1.29 is 4.42 Å². The van der Waals surface area contributed by atoms with E-state index in [0.717, 1.165) is 55.9 Å². The van der Waals surface area contributed by atoms with Gasteiger partial charge in [-0.2, -0.15) is 0 Å². The van der Waals surface area contributed by atoms with E-state index >= 15 is 0 Å². The van der Waals surface area contributed by atoms with Crippen molar-refractivity contribution in [1.82, 2.24) is 4.57 Å². The van der Waals surface area contributed by atoms with Gasteiger partial charge in [0, 0.05) is 71.6 Å². The zero-order chi connectivity index (χ0) is 53.6. The number of fused-ring (bicyclic) bond motifs is 13. The van der Waals surface area contributed by atoms with Gasteiger partial charge in [-0.1, -0.05) is 203 Å². The van der Waals surface area contributed by atoms with Gasteiger partial charge in [0.2, 0.25) is 0 Å². The molecule has 78 heavy (non-hydrogen) atoms. The molecule has 0 saturated carbocycles. The second-order valence-electron chi connectivity index (χ2n) is 26.7. The lowest BCUT2D eigenvalue weighted by molar-refractivity contribution is 0.331. The Hall–Kier alpha value is -7.82. The third kappa shape index (κ3) is 6.65. The molecule has 2 aromatic heterocycles. The number of hydrogen-bond donors (Lipinski definition) is 1. The third-order valence-corrected chi connectivity index (χ3v) is 19.3. The second-order valence-corrected chi connectivity index (χ2v) is 26.7. The molecule has 15 rings (SSSR count). The minimum atomic E-state index is -0.212. The zero-order valence-corrected chi connectivity index (χ0v) is 47.0. The molecule has 4 heteroatoms. The van der Waals surface area contributed by atoms with Gasteiger partial charge in [-0.3, -0.25) is 0 Å². The minimum Gasteiger partial charge on any atom is -0.455 e. The molecule has 1 aliphatic heterocycles. The number of nitrogens with zero attached hydrogens (tertiary/aromatic N) is 1. The van der Waals surface area contributed by atoms with Gasteiger partial charge >= 0.3 is 0 Å². The van der Waals surface area contributed by atoms with Crippen LogP contribution in [0.4, 0.5) is 11.4 Å². The number of rotatable bonds is 5. The molecule has 11 aromatic rings. The highest BCUT2D eigenvalue weighted by atomic mass is 16.3. The highest BCUT2D eigenvalue weighted by Crippen LogP contribution is 2.57. The first-order valence-electron chi connectivity index (χ1n) is 28.4. The normalized spacial score (nSPS) is 16.6. The van der Waals surface area contributed by atoms with Crippen LogP contribution < -0.4 is 16.2 Å². The van der Waals surface area contributed by atoms with E-state index in [1.54, 1.807) is 0 Å². The number of benzene rings is 9. The van der Waals surface area contributed by atoms with Crippen molar-refractivity contribution in [2.45, 2.75) is 116 Å². The standard InChI is InChI=1S/C74H66BN2O/c1-70(2,3)44-26-28-45(29-27-44)76-63-41-59-49(50-35-60-61(40-58(50)74(59,10)11)72(6,7)33-32-71(60,4)5)34-52(63)47-30-31-48-53-36-57-51(46-24-18-19-25-56(46)73(57,8)9)38-64(53)77-65-39-55-54(37-62(65)75-66(47)67(48)77)68(42-20-14-12-15-21-42)78-69(55)43-22-16-13-17-23-43/h12-31,34-41,76H,32-33H2,1-11H3. The van der Waals surface area contributed by atoms with E-state index in [9.17, 15) is 0 Å². The van der Waals surface area contributed by atoms with Crippen LogP contribution in [0.2, 0.25) is 0 Å². The van der Waals surface area contributed by atoms with Gasteiger partial charge in [-0.05, 0) is 150 Å². The number of anilines is 2. The fourth-order valence-electron chi connectivity index (χ4n) is 14.6. The Labute approximate surface area is 460 Å². The molecule has 0 fully saturated rings. The lowest BCUT2D eigenvalue weighted by Crippen LogP contribution is -2.37. The molecular weight excluding hydrogens is 944 g/mol. The third-order valence-electron chi connectivity index (χ3n) is 19.3. The Kier molecular flexibility index (Phi) is 9.67. The maximum absolute atomic E-state index is 7.11. The Balaban J connectivity index is 1.03. The predicted octanol–water partition coefficient (Wildman–Crippen LogP) is 18.5. The van der Waals surface area contributed by atoms with E-state index in [2.05, 4.69) is 263 Å². The van der Waals surface area contributed by atoms with Crippen LogP contribution in [-0.4, -0.2) is 11.8 Å². The van der Waals surface area contributed by atoms with Crippen LogP contribution >= 0.6 is 0 Å². The lowest BCUT2D eigenvalue weighted by Gasteiger charge is -2.42. The van der Waals surface area contributed by atoms with Crippen LogP contribution in [0.25, 0.3) is 94.3 Å². The van der Waals surface area contributed by atoms with Crippen molar-refractivity contribution in [3.8, 4) is 61.7 Å². The van der Waals surface area contributed by atoms with E-state index in [1.165, 1.54) is 112 Å². The van der Waals surface area contributed by atoms with Gasteiger partial charge in [0.15, 0.2) is 7.28 Å². The van der Waals surface area contributed by atoms with Crippen LogP contribution in [0.15, 0.2) is 174 Å². The summed E-state index contributed by atoms with van der Waals surface area (Å²) < 4.78 is 9.71.